The zero-order valence-corrected chi connectivity index (χ0v) is 2.81. The smallest absolute Gasteiger partial charge is 0.000136 e. The number of hydrogen-bond acceptors (Lipinski definition) is 5. The van der Waals surface area contributed by atoms with Crippen molar-refractivity contribution in [2.75, 3.05) is 5.84 Å². The first-order valence-electron chi connectivity index (χ1n) is 1.26. The predicted molar refractivity (Wildman–Crippen MR) is 15.8 cm³/mol. The molecule has 0 saturated carbocycles. The van der Waals surface area contributed by atoms with Crippen LogP contribution in [0.15, 0.2) is 0 Å². The van der Waals surface area contributed by atoms with Crippen LogP contribution < -0.4 is 5.84 Å². The van der Waals surface area contributed by atoms with Gasteiger partial charge >= 0.3 is 0 Å². The molecule has 1 aromatic heterocycles. The van der Waals surface area contributed by atoms with Crippen LogP contribution in [0.4, 0.5) is 0 Å². The van der Waals surface area contributed by atoms with E-state index in [1.807, 2.05) is 0 Å². The first-order chi connectivity index (χ1) is 2.89. The summed E-state index contributed by atoms with van der Waals surface area (Å²) in [5.41, 5.74) is 0. The maximum atomic E-state index is 4.85. The van der Waals surface area contributed by atoms with E-state index in [1.54, 1.807) is 0 Å². The molecule has 6 nitrogen and oxygen atoms in total. The van der Waals surface area contributed by atoms with Gasteiger partial charge in [0.15, 0.2) is 0 Å². The SMILES string of the molecule is Nn1nnnn1. The summed E-state index contributed by atoms with van der Waals surface area (Å²) in [4.78, 5) is 0.778. The molecule has 32 valence electrons. The van der Waals surface area contributed by atoms with Gasteiger partial charge in [0.1, 0.15) is 0 Å². The van der Waals surface area contributed by atoms with Gasteiger partial charge in [-0.1, -0.05) is 4.91 Å². The summed E-state index contributed by atoms with van der Waals surface area (Å²) < 4.78 is 0. The van der Waals surface area contributed by atoms with Crippen LogP contribution in [0.1, 0.15) is 0 Å². The third-order valence-corrected chi connectivity index (χ3v) is 0.303. The molecule has 0 atom stereocenters. The van der Waals surface area contributed by atoms with E-state index in [0.29, 0.717) is 0 Å². The third kappa shape index (κ3) is 0.270. The molecular formula is H2N6. The minimum absolute atomic E-state index is 0.778. The third-order valence-electron chi connectivity index (χ3n) is 0.303. The van der Waals surface area contributed by atoms with Crippen LogP contribution in [0.3, 0.4) is 0 Å². The van der Waals surface area contributed by atoms with Gasteiger partial charge in [-0.25, -0.2) is 0 Å². The van der Waals surface area contributed by atoms with Crippen molar-refractivity contribution in [3.63, 3.8) is 0 Å². The van der Waals surface area contributed by atoms with E-state index in [9.17, 15) is 0 Å². The fraction of sp³-hybridized carbons (Fsp3) is 0. The van der Waals surface area contributed by atoms with Gasteiger partial charge in [0.05, 0.1) is 0 Å². The number of hydrogen-bond donors (Lipinski definition) is 1. The second-order valence-electron chi connectivity index (χ2n) is 0.678. The molecule has 0 aliphatic carbocycles. The molecule has 1 rings (SSSR count). The van der Waals surface area contributed by atoms with E-state index in [1.165, 1.54) is 0 Å². The van der Waals surface area contributed by atoms with Gasteiger partial charge in [-0.15, -0.1) is 0 Å². The fourth-order valence-electron chi connectivity index (χ4n) is 0.136. The van der Waals surface area contributed by atoms with E-state index in [4.69, 9.17) is 5.84 Å². The average Bonchev–Trinajstić information content (AvgIpc) is 1.86. The quantitative estimate of drug-likeness (QED) is 0.362. The molecule has 0 unspecified atom stereocenters. The lowest BCUT2D eigenvalue weighted by molar-refractivity contribution is 0.671. The van der Waals surface area contributed by atoms with Gasteiger partial charge in [0.2, 0.25) is 0 Å². The summed E-state index contributed by atoms with van der Waals surface area (Å²) in [7, 11) is 0. The summed E-state index contributed by atoms with van der Waals surface area (Å²) in [6.45, 7) is 0. The van der Waals surface area contributed by atoms with Crippen LogP contribution in [0.5, 0.6) is 0 Å². The molecule has 0 aliphatic heterocycles. The molecule has 0 saturated heterocycles. The van der Waals surface area contributed by atoms with E-state index in [0.717, 1.165) is 4.91 Å². The van der Waals surface area contributed by atoms with Crippen LogP contribution in [-0.4, -0.2) is 25.8 Å². The lowest BCUT2D eigenvalue weighted by Gasteiger charge is -1.70. The minimum atomic E-state index is 0.778. The molecule has 1 heterocycles. The highest BCUT2D eigenvalue weighted by molar-refractivity contribution is 4.08. The van der Waals surface area contributed by atoms with Gasteiger partial charge in [0.25, 0.3) is 0 Å². The first-order valence-corrected chi connectivity index (χ1v) is 1.26. The Morgan fingerprint density at radius 2 is 1.67 bits per heavy atom. The number of rotatable bonds is 0. The first kappa shape index (κ1) is 3.01. The monoisotopic (exact) mass is 86.0 g/mol. The largest absolute Gasteiger partial charge is 0.303 e. The topological polar surface area (TPSA) is 82.5 Å². The highest BCUT2D eigenvalue weighted by Gasteiger charge is 1.74. The van der Waals surface area contributed by atoms with Crippen molar-refractivity contribution in [3.8, 4) is 0 Å². The van der Waals surface area contributed by atoms with Crippen molar-refractivity contribution in [2.45, 2.75) is 0 Å². The lowest BCUT2D eigenvalue weighted by Crippen LogP contribution is -2.11. The van der Waals surface area contributed by atoms with Crippen LogP contribution in [0.25, 0.3) is 0 Å². The van der Waals surface area contributed by atoms with E-state index < -0.39 is 0 Å². The van der Waals surface area contributed by atoms with E-state index in [2.05, 4.69) is 20.9 Å². The van der Waals surface area contributed by atoms with Crippen LogP contribution in [0, 0.1) is 0 Å². The Bertz CT molecular complexity index is 104. The Morgan fingerprint density at radius 1 is 1.17 bits per heavy atom. The van der Waals surface area contributed by atoms with Crippen LogP contribution >= 0.6 is 0 Å². The molecule has 0 amide bonds. The van der Waals surface area contributed by atoms with Gasteiger partial charge in [0, 0.05) is 0 Å². The normalized spacial score (nSPS) is 8.67. The average molecular weight is 86.1 g/mol. The fourth-order valence-corrected chi connectivity index (χ4v) is 0.136. The summed E-state index contributed by atoms with van der Waals surface area (Å²) >= 11 is 0. The minimum Gasteiger partial charge on any atom is -0.303 e. The highest BCUT2D eigenvalue weighted by Crippen LogP contribution is 1.41. The molecule has 1 aromatic rings. The molecule has 0 aromatic carbocycles. The maximum absolute atomic E-state index is 4.85. The summed E-state index contributed by atoms with van der Waals surface area (Å²) in [5.74, 6) is 4.85. The molecule has 6 heavy (non-hydrogen) atoms. The van der Waals surface area contributed by atoms with E-state index >= 15 is 0 Å². The van der Waals surface area contributed by atoms with Crippen molar-refractivity contribution in [3.05, 3.63) is 0 Å². The molecular weight excluding hydrogens is 84.0 g/mol. The standard InChI is InChI=1S/H2N6/c1-6-4-2-3-5-6/h1H2. The number of nitrogens with zero attached hydrogens (tertiary/aromatic N) is 5. The molecule has 0 aliphatic rings. The Balaban J connectivity index is 3.05. The van der Waals surface area contributed by atoms with Crippen molar-refractivity contribution < 1.29 is 0 Å². The van der Waals surface area contributed by atoms with E-state index in [-0.39, 0.29) is 0 Å². The Hall–Kier alpha value is -1.20. The summed E-state index contributed by atoms with van der Waals surface area (Å²) in [5, 5.41) is 12.4. The molecule has 0 bridgehead atoms. The van der Waals surface area contributed by atoms with Gasteiger partial charge in [-0.05, 0) is 20.9 Å². The summed E-state index contributed by atoms with van der Waals surface area (Å²) in [6, 6.07) is 0. The molecule has 0 spiro atoms. The second-order valence-corrected chi connectivity index (χ2v) is 0.678. The van der Waals surface area contributed by atoms with Gasteiger partial charge < -0.3 is 5.84 Å². The lowest BCUT2D eigenvalue weighted by atomic mass is 12.4. The highest BCUT2D eigenvalue weighted by atomic mass is 15.8. The molecule has 6 heteroatoms. The zero-order chi connectivity index (χ0) is 4.41. The second kappa shape index (κ2) is 0.886. The number of nitrogens with two attached hydrogens (primary N) is 1. The van der Waals surface area contributed by atoms with Crippen LogP contribution in [0.2, 0.25) is 0 Å². The van der Waals surface area contributed by atoms with Crippen molar-refractivity contribution in [1.82, 2.24) is 25.8 Å². The van der Waals surface area contributed by atoms with Crippen molar-refractivity contribution in [1.29, 1.82) is 0 Å². The Labute approximate surface area is 32.9 Å². The maximum Gasteiger partial charge on any atom is -0.000136 e. The summed E-state index contributed by atoms with van der Waals surface area (Å²) in [6.07, 6.45) is 0. The van der Waals surface area contributed by atoms with Crippen LogP contribution in [-0.2, 0) is 0 Å². The molecule has 0 fully saturated rings. The Morgan fingerprint density at radius 3 is 1.83 bits per heavy atom. The van der Waals surface area contributed by atoms with Gasteiger partial charge in [-0.2, -0.15) is 0 Å². The predicted octanol–water partition coefficient (Wildman–Crippen LogP) is -2.22. The molecule has 2 N–H and O–H groups in total. The molecule has 0 radical (unpaired) electrons. The Kier molecular flexibility index (Phi) is 0.444. The van der Waals surface area contributed by atoms with Crippen molar-refractivity contribution >= 4 is 0 Å². The zero-order valence-electron chi connectivity index (χ0n) is 2.81. The van der Waals surface area contributed by atoms with Crippen molar-refractivity contribution in [2.24, 2.45) is 0 Å². The number of nitrogen functional groups attached to an aromatic ring is 1. The number of aromatic nitrogens is 5. The van der Waals surface area contributed by atoms with Gasteiger partial charge in [-0.3, -0.25) is 0 Å².